The fourth-order valence-corrected chi connectivity index (χ4v) is 3.84. The summed E-state index contributed by atoms with van der Waals surface area (Å²) in [6, 6.07) is 0. The van der Waals surface area contributed by atoms with Crippen LogP contribution in [0.15, 0.2) is 6.20 Å². The summed E-state index contributed by atoms with van der Waals surface area (Å²) in [5.41, 5.74) is 3.67. The predicted octanol–water partition coefficient (Wildman–Crippen LogP) is 0.698. The van der Waals surface area contributed by atoms with Crippen molar-refractivity contribution in [1.29, 1.82) is 0 Å². The molecule has 0 unspecified atom stereocenters. The van der Waals surface area contributed by atoms with Gasteiger partial charge in [-0.1, -0.05) is 20.8 Å². The molecule has 1 aromatic heterocycles. The van der Waals surface area contributed by atoms with E-state index >= 15 is 0 Å². The molecular formula is C10H18N2Si. The maximum Gasteiger partial charge on any atom is 0.105 e. The molecule has 2 nitrogen and oxygen atoms in total. The average molecular weight is 194 g/mol. The molecule has 0 saturated carbocycles. The summed E-state index contributed by atoms with van der Waals surface area (Å²) in [5.74, 6) is 0.731. The third kappa shape index (κ3) is 1.85. The van der Waals surface area contributed by atoms with E-state index < -0.39 is 0 Å². The molecule has 0 spiro atoms. The van der Waals surface area contributed by atoms with Crippen LogP contribution in [-0.2, 0) is 13.0 Å². The minimum atomic E-state index is -0.0452. The molecule has 2 heterocycles. The van der Waals surface area contributed by atoms with Crippen LogP contribution in [0.3, 0.4) is 0 Å². The van der Waals surface area contributed by atoms with Gasteiger partial charge in [-0.15, -0.1) is 0 Å². The lowest BCUT2D eigenvalue weighted by Gasteiger charge is -2.01. The van der Waals surface area contributed by atoms with Gasteiger partial charge in [0.1, 0.15) is 9.52 Å². The molecule has 0 bridgehead atoms. The highest BCUT2D eigenvalue weighted by Crippen LogP contribution is 2.13. The third-order valence-electron chi connectivity index (χ3n) is 2.57. The third-order valence-corrected chi connectivity index (χ3v) is 4.45. The van der Waals surface area contributed by atoms with E-state index in [1.165, 1.54) is 17.7 Å². The van der Waals surface area contributed by atoms with Crippen LogP contribution < -0.4 is 5.45 Å². The Bertz CT molecular complexity index is 280. The Morgan fingerprint density at radius 1 is 1.69 bits per heavy atom. The topological polar surface area (TPSA) is 17.8 Å². The smallest absolute Gasteiger partial charge is 0.105 e. The molecule has 72 valence electrons. The molecule has 0 fully saturated rings. The van der Waals surface area contributed by atoms with Crippen molar-refractivity contribution in [2.24, 2.45) is 5.92 Å². The molecule has 1 aliphatic heterocycles. The summed E-state index contributed by atoms with van der Waals surface area (Å²) in [4.78, 5) is 4.71. The van der Waals surface area contributed by atoms with Gasteiger partial charge < -0.3 is 4.57 Å². The molecular weight excluding hydrogens is 176 g/mol. The number of nitrogens with zero attached hydrogens (tertiary/aromatic N) is 2. The zero-order chi connectivity index (χ0) is 9.42. The zero-order valence-electron chi connectivity index (χ0n) is 8.75. The van der Waals surface area contributed by atoms with Crippen molar-refractivity contribution in [2.75, 3.05) is 0 Å². The minimum Gasteiger partial charge on any atom is -0.339 e. The fourth-order valence-electron chi connectivity index (χ4n) is 2.06. The van der Waals surface area contributed by atoms with Crippen LogP contribution in [0.4, 0.5) is 0 Å². The maximum atomic E-state index is 4.71. The number of aromatic nitrogens is 2. The van der Waals surface area contributed by atoms with Gasteiger partial charge in [0.2, 0.25) is 0 Å². The van der Waals surface area contributed by atoms with E-state index in [0.29, 0.717) is 0 Å². The second-order valence-corrected chi connectivity index (χ2v) is 7.14. The first kappa shape index (κ1) is 9.00. The van der Waals surface area contributed by atoms with Crippen LogP contribution in [-0.4, -0.2) is 19.1 Å². The van der Waals surface area contributed by atoms with E-state index in [-0.39, 0.29) is 9.52 Å². The quantitative estimate of drug-likeness (QED) is 0.634. The predicted molar refractivity (Wildman–Crippen MR) is 58.4 cm³/mol. The Hall–Kier alpha value is -0.573. The maximum absolute atomic E-state index is 4.71. The van der Waals surface area contributed by atoms with Crippen LogP contribution >= 0.6 is 0 Å². The van der Waals surface area contributed by atoms with Gasteiger partial charge in [-0.05, 0) is 17.9 Å². The van der Waals surface area contributed by atoms with E-state index in [9.17, 15) is 0 Å². The molecule has 0 amide bonds. The van der Waals surface area contributed by atoms with Crippen LogP contribution in [0.1, 0.15) is 26.5 Å². The lowest BCUT2D eigenvalue weighted by atomic mass is 10.1. The van der Waals surface area contributed by atoms with Gasteiger partial charge >= 0.3 is 0 Å². The van der Waals surface area contributed by atoms with Gasteiger partial charge in [0.15, 0.2) is 0 Å². The van der Waals surface area contributed by atoms with Gasteiger partial charge in [0.25, 0.3) is 0 Å². The van der Waals surface area contributed by atoms with Crippen molar-refractivity contribution < 1.29 is 0 Å². The summed E-state index contributed by atoms with van der Waals surface area (Å²) < 4.78 is 2.38. The molecule has 2 rings (SSSR count). The van der Waals surface area contributed by atoms with Gasteiger partial charge in [0.05, 0.1) is 11.1 Å². The number of fused-ring (bicyclic) bond motifs is 1. The van der Waals surface area contributed by atoms with Gasteiger partial charge in [0, 0.05) is 12.7 Å². The van der Waals surface area contributed by atoms with Crippen molar-refractivity contribution in [2.45, 2.75) is 39.3 Å². The van der Waals surface area contributed by atoms with E-state index in [2.05, 4.69) is 31.5 Å². The standard InChI is InChI=1S/C10H18N2Si/c1-7(2)4-9-6-12-5-8(3)13-10(12)11-9/h6-8H,4-5,13H2,1-3H3/t8-/m1/s1. The number of hydrogen-bond donors (Lipinski definition) is 0. The largest absolute Gasteiger partial charge is 0.339 e. The van der Waals surface area contributed by atoms with Crippen molar-refractivity contribution in [3.63, 3.8) is 0 Å². The van der Waals surface area contributed by atoms with Crippen LogP contribution in [0.2, 0.25) is 5.54 Å². The molecule has 0 radical (unpaired) electrons. The Kier molecular flexibility index (Phi) is 2.28. The Morgan fingerprint density at radius 3 is 3.08 bits per heavy atom. The number of hydrogen-bond acceptors (Lipinski definition) is 1. The highest BCUT2D eigenvalue weighted by molar-refractivity contribution is 6.54. The van der Waals surface area contributed by atoms with E-state index in [4.69, 9.17) is 4.98 Å². The van der Waals surface area contributed by atoms with E-state index in [1.54, 1.807) is 0 Å². The summed E-state index contributed by atoms with van der Waals surface area (Å²) in [6.07, 6.45) is 3.41. The van der Waals surface area contributed by atoms with Crippen molar-refractivity contribution in [3.05, 3.63) is 11.9 Å². The van der Waals surface area contributed by atoms with Crippen molar-refractivity contribution in [1.82, 2.24) is 9.55 Å². The SMILES string of the molecule is CC(C)Cc1cn2c(n1)[SiH2][C@H](C)C2. The Balaban J connectivity index is 2.13. The summed E-state index contributed by atoms with van der Waals surface area (Å²) >= 11 is 0. The van der Waals surface area contributed by atoms with E-state index in [1.807, 2.05) is 0 Å². The Labute approximate surface area is 82.2 Å². The molecule has 0 aromatic carbocycles. The van der Waals surface area contributed by atoms with Crippen molar-refractivity contribution in [3.8, 4) is 0 Å². The molecule has 0 saturated heterocycles. The van der Waals surface area contributed by atoms with Crippen LogP contribution in [0.25, 0.3) is 0 Å². The van der Waals surface area contributed by atoms with Gasteiger partial charge in [-0.2, -0.15) is 0 Å². The lowest BCUT2D eigenvalue weighted by molar-refractivity contribution is 0.634. The normalized spacial score (nSPS) is 22.9. The highest BCUT2D eigenvalue weighted by atomic mass is 28.2. The van der Waals surface area contributed by atoms with Crippen LogP contribution in [0.5, 0.6) is 0 Å². The molecule has 1 atom stereocenters. The second kappa shape index (κ2) is 3.29. The molecule has 1 aromatic rings. The fraction of sp³-hybridized carbons (Fsp3) is 0.700. The molecule has 0 aliphatic carbocycles. The summed E-state index contributed by atoms with van der Waals surface area (Å²) in [5, 5.41) is 0. The molecule has 0 N–H and O–H groups in total. The Morgan fingerprint density at radius 2 is 2.46 bits per heavy atom. The molecule has 3 heteroatoms. The van der Waals surface area contributed by atoms with Gasteiger partial charge in [-0.3, -0.25) is 0 Å². The monoisotopic (exact) mass is 194 g/mol. The average Bonchev–Trinajstić information content (AvgIpc) is 2.41. The van der Waals surface area contributed by atoms with Crippen LogP contribution in [0, 0.1) is 5.92 Å². The summed E-state index contributed by atoms with van der Waals surface area (Å²) in [7, 11) is -0.0452. The highest BCUT2D eigenvalue weighted by Gasteiger charge is 2.20. The first-order valence-electron chi connectivity index (χ1n) is 5.20. The minimum absolute atomic E-state index is 0.0452. The first-order chi connectivity index (χ1) is 6.15. The molecule has 13 heavy (non-hydrogen) atoms. The lowest BCUT2D eigenvalue weighted by Crippen LogP contribution is -2.17. The van der Waals surface area contributed by atoms with Crippen molar-refractivity contribution >= 4 is 15.0 Å². The second-order valence-electron chi connectivity index (χ2n) is 4.71. The first-order valence-corrected chi connectivity index (χ1v) is 6.72. The van der Waals surface area contributed by atoms with Gasteiger partial charge in [-0.25, -0.2) is 4.98 Å². The van der Waals surface area contributed by atoms with E-state index in [0.717, 1.165) is 17.9 Å². The summed E-state index contributed by atoms with van der Waals surface area (Å²) in [6.45, 7) is 8.09. The number of rotatable bonds is 2. The molecule has 1 aliphatic rings. The zero-order valence-corrected chi connectivity index (χ0v) is 10.2. The number of imidazole rings is 1.